The number of piperidine rings is 1. The van der Waals surface area contributed by atoms with Crippen molar-refractivity contribution in [3.8, 4) is 0 Å². The van der Waals surface area contributed by atoms with E-state index in [-0.39, 0.29) is 24.5 Å². The number of benzene rings is 2. The molecule has 0 unspecified atom stereocenters. The quantitative estimate of drug-likeness (QED) is 0.900. The van der Waals surface area contributed by atoms with Crippen LogP contribution in [0.1, 0.15) is 32.3 Å². The number of aliphatic hydroxyl groups excluding tert-OH is 1. The first-order chi connectivity index (χ1) is 11.9. The van der Waals surface area contributed by atoms with Crippen LogP contribution in [0, 0.1) is 5.92 Å². The molecule has 2 atom stereocenters. The van der Waals surface area contributed by atoms with Crippen molar-refractivity contribution in [2.24, 2.45) is 5.92 Å². The summed E-state index contributed by atoms with van der Waals surface area (Å²) in [6.07, 6.45) is 1.69. The summed E-state index contributed by atoms with van der Waals surface area (Å²) in [7, 11) is 1.98. The van der Waals surface area contributed by atoms with Gasteiger partial charge in [0.05, 0.1) is 18.1 Å². The first-order valence-electron chi connectivity index (χ1n) is 9.04. The zero-order valence-corrected chi connectivity index (χ0v) is 15.3. The molecule has 0 saturated carbocycles. The highest BCUT2D eigenvalue weighted by atomic mass is 16.3. The number of rotatable bonds is 4. The molecule has 3 rings (SSSR count). The number of likely N-dealkylation sites (N-methyl/N-ethyl adjacent to an activating group) is 1. The molecule has 2 aromatic rings. The van der Waals surface area contributed by atoms with Gasteiger partial charge in [-0.05, 0) is 50.1 Å². The number of amides is 1. The fourth-order valence-electron chi connectivity index (χ4n) is 3.89. The average molecular weight is 340 g/mol. The van der Waals surface area contributed by atoms with E-state index in [9.17, 15) is 9.90 Å². The van der Waals surface area contributed by atoms with Gasteiger partial charge in [0, 0.05) is 12.6 Å². The molecule has 4 nitrogen and oxygen atoms in total. The largest absolute Gasteiger partial charge is 0.395 e. The highest BCUT2D eigenvalue weighted by Gasteiger charge is 2.33. The Bertz CT molecular complexity index is 751. The predicted octanol–water partition coefficient (Wildman–Crippen LogP) is 2.89. The summed E-state index contributed by atoms with van der Waals surface area (Å²) in [5.74, 6) is 0.0724. The van der Waals surface area contributed by atoms with Gasteiger partial charge in [-0.3, -0.25) is 4.79 Å². The van der Waals surface area contributed by atoms with Crippen LogP contribution in [0.3, 0.4) is 0 Å². The second kappa shape index (κ2) is 7.14. The Kier molecular flexibility index (Phi) is 5.11. The maximum absolute atomic E-state index is 12.9. The fraction of sp³-hybridized carbons (Fsp3) is 0.476. The van der Waals surface area contributed by atoms with Crippen LogP contribution in [0.2, 0.25) is 0 Å². The minimum Gasteiger partial charge on any atom is -0.395 e. The third-order valence-electron chi connectivity index (χ3n) is 5.46. The molecule has 0 aliphatic carbocycles. The van der Waals surface area contributed by atoms with Crippen LogP contribution in [-0.4, -0.2) is 42.2 Å². The zero-order valence-electron chi connectivity index (χ0n) is 15.3. The molecule has 1 fully saturated rings. The molecule has 0 radical (unpaired) electrons. The number of likely N-dealkylation sites (tertiary alicyclic amines) is 1. The van der Waals surface area contributed by atoms with E-state index < -0.39 is 5.54 Å². The molecule has 0 aromatic heterocycles. The summed E-state index contributed by atoms with van der Waals surface area (Å²) in [6, 6.07) is 14.7. The standard InChI is InChI=1S/C21H28N2O2/c1-21(2,19-10-6-8-15-7-4-5-9-18(15)19)22-20(25)16-11-12-17(14-24)23(3)13-16/h4-10,16-17,24H,11-14H2,1-3H3,(H,22,25)/t16-,17+/m0/s1. The van der Waals surface area contributed by atoms with Crippen molar-refractivity contribution in [3.63, 3.8) is 0 Å². The fourth-order valence-corrected chi connectivity index (χ4v) is 3.89. The summed E-state index contributed by atoms with van der Waals surface area (Å²) in [5, 5.41) is 15.0. The van der Waals surface area contributed by atoms with E-state index in [4.69, 9.17) is 0 Å². The number of hydrogen-bond acceptors (Lipinski definition) is 3. The lowest BCUT2D eigenvalue weighted by Crippen LogP contribution is -2.50. The lowest BCUT2D eigenvalue weighted by molar-refractivity contribution is -0.129. The first-order valence-corrected chi connectivity index (χ1v) is 9.04. The van der Waals surface area contributed by atoms with Gasteiger partial charge in [-0.25, -0.2) is 0 Å². The minimum atomic E-state index is -0.440. The van der Waals surface area contributed by atoms with E-state index in [1.807, 2.05) is 25.2 Å². The topological polar surface area (TPSA) is 52.6 Å². The molecule has 1 saturated heterocycles. The average Bonchev–Trinajstić information content (AvgIpc) is 2.60. The lowest BCUT2D eigenvalue weighted by Gasteiger charge is -2.37. The number of hydrogen-bond donors (Lipinski definition) is 2. The molecular weight excluding hydrogens is 312 g/mol. The smallest absolute Gasteiger partial charge is 0.225 e. The second-order valence-electron chi connectivity index (χ2n) is 7.69. The van der Waals surface area contributed by atoms with Gasteiger partial charge in [0.15, 0.2) is 0 Å². The summed E-state index contributed by atoms with van der Waals surface area (Å²) < 4.78 is 0. The van der Waals surface area contributed by atoms with Gasteiger partial charge in [0.1, 0.15) is 0 Å². The van der Waals surface area contributed by atoms with Crippen molar-refractivity contribution < 1.29 is 9.90 Å². The number of nitrogens with one attached hydrogen (secondary N) is 1. The SMILES string of the molecule is CN1C[C@@H](C(=O)NC(C)(C)c2cccc3ccccc23)CC[C@@H]1CO. The molecule has 1 aliphatic rings. The van der Waals surface area contributed by atoms with E-state index in [0.717, 1.165) is 18.4 Å². The summed E-state index contributed by atoms with van der Waals surface area (Å²) in [6.45, 7) is 4.99. The summed E-state index contributed by atoms with van der Waals surface area (Å²) >= 11 is 0. The molecule has 0 spiro atoms. The number of fused-ring (bicyclic) bond motifs is 1. The second-order valence-corrected chi connectivity index (χ2v) is 7.69. The van der Waals surface area contributed by atoms with Crippen LogP contribution >= 0.6 is 0 Å². The van der Waals surface area contributed by atoms with Gasteiger partial charge in [-0.1, -0.05) is 42.5 Å². The number of carbonyl (C=O) groups excluding carboxylic acids is 1. The van der Waals surface area contributed by atoms with E-state index in [1.54, 1.807) is 0 Å². The predicted molar refractivity (Wildman–Crippen MR) is 101 cm³/mol. The Morgan fingerprint density at radius 2 is 1.92 bits per heavy atom. The Balaban J connectivity index is 1.78. The number of carbonyl (C=O) groups is 1. The van der Waals surface area contributed by atoms with Gasteiger partial charge in [-0.15, -0.1) is 0 Å². The Morgan fingerprint density at radius 3 is 2.64 bits per heavy atom. The van der Waals surface area contributed by atoms with Crippen LogP contribution in [0.25, 0.3) is 10.8 Å². The van der Waals surface area contributed by atoms with Crippen molar-refractivity contribution in [1.29, 1.82) is 0 Å². The third-order valence-corrected chi connectivity index (χ3v) is 5.46. The van der Waals surface area contributed by atoms with Gasteiger partial charge >= 0.3 is 0 Å². The van der Waals surface area contributed by atoms with Crippen LogP contribution < -0.4 is 5.32 Å². The number of aliphatic hydroxyl groups is 1. The van der Waals surface area contributed by atoms with Gasteiger partial charge < -0.3 is 15.3 Å². The maximum atomic E-state index is 12.9. The van der Waals surface area contributed by atoms with Crippen LogP contribution in [0.5, 0.6) is 0 Å². The van der Waals surface area contributed by atoms with Crippen LogP contribution in [0.4, 0.5) is 0 Å². The Morgan fingerprint density at radius 1 is 1.20 bits per heavy atom. The van der Waals surface area contributed by atoms with Crippen molar-refractivity contribution in [2.75, 3.05) is 20.2 Å². The Hall–Kier alpha value is -1.91. The molecule has 25 heavy (non-hydrogen) atoms. The molecule has 1 amide bonds. The van der Waals surface area contributed by atoms with E-state index in [2.05, 4.69) is 48.3 Å². The van der Waals surface area contributed by atoms with Crippen molar-refractivity contribution in [1.82, 2.24) is 10.2 Å². The maximum Gasteiger partial charge on any atom is 0.225 e. The zero-order chi connectivity index (χ0) is 18.0. The van der Waals surface area contributed by atoms with E-state index >= 15 is 0 Å². The van der Waals surface area contributed by atoms with E-state index in [0.29, 0.717) is 6.54 Å². The molecule has 134 valence electrons. The summed E-state index contributed by atoms with van der Waals surface area (Å²) in [4.78, 5) is 15.0. The van der Waals surface area contributed by atoms with E-state index in [1.165, 1.54) is 10.8 Å². The molecular formula is C21H28N2O2. The first kappa shape index (κ1) is 17.9. The minimum absolute atomic E-state index is 0.0259. The molecule has 1 aliphatic heterocycles. The van der Waals surface area contributed by atoms with Crippen molar-refractivity contribution in [2.45, 2.75) is 38.3 Å². The monoisotopic (exact) mass is 340 g/mol. The molecule has 1 heterocycles. The highest BCUT2D eigenvalue weighted by Crippen LogP contribution is 2.29. The van der Waals surface area contributed by atoms with Gasteiger partial charge in [0.2, 0.25) is 5.91 Å². The number of nitrogens with zero attached hydrogens (tertiary/aromatic N) is 1. The normalized spacial score (nSPS) is 22.1. The molecule has 2 aromatic carbocycles. The third kappa shape index (κ3) is 3.70. The lowest BCUT2D eigenvalue weighted by atomic mass is 9.87. The highest BCUT2D eigenvalue weighted by molar-refractivity contribution is 5.88. The molecule has 0 bridgehead atoms. The van der Waals surface area contributed by atoms with Gasteiger partial charge in [-0.2, -0.15) is 0 Å². The van der Waals surface area contributed by atoms with Crippen LogP contribution in [0.15, 0.2) is 42.5 Å². The molecule has 2 N–H and O–H groups in total. The Labute approximate surface area is 149 Å². The molecule has 4 heteroatoms. The summed E-state index contributed by atoms with van der Waals surface area (Å²) in [5.41, 5.74) is 0.695. The van der Waals surface area contributed by atoms with Crippen LogP contribution in [-0.2, 0) is 10.3 Å². The van der Waals surface area contributed by atoms with Crippen molar-refractivity contribution >= 4 is 16.7 Å². The van der Waals surface area contributed by atoms with Gasteiger partial charge in [0.25, 0.3) is 0 Å². The van der Waals surface area contributed by atoms with Crippen molar-refractivity contribution in [3.05, 3.63) is 48.0 Å².